The minimum absolute atomic E-state index is 0.636. The molecule has 1 atom stereocenters. The van der Waals surface area contributed by atoms with Crippen molar-refractivity contribution in [2.24, 2.45) is 0 Å². The predicted octanol–water partition coefficient (Wildman–Crippen LogP) is 0.852. The predicted molar refractivity (Wildman–Crippen MR) is 52.7 cm³/mol. The third kappa shape index (κ3) is 2.06. The SMILES string of the molecule is c1csc(CC2CNCCN2)c1. The van der Waals surface area contributed by atoms with Crippen molar-refractivity contribution in [3.05, 3.63) is 22.4 Å². The van der Waals surface area contributed by atoms with Crippen molar-refractivity contribution in [1.29, 1.82) is 0 Å². The quantitative estimate of drug-likeness (QED) is 0.708. The molecule has 0 bridgehead atoms. The summed E-state index contributed by atoms with van der Waals surface area (Å²) >= 11 is 1.85. The first-order valence-corrected chi connectivity index (χ1v) is 5.29. The number of hydrogen-bond donors (Lipinski definition) is 2. The fourth-order valence-corrected chi connectivity index (χ4v) is 2.32. The molecule has 1 saturated heterocycles. The summed E-state index contributed by atoms with van der Waals surface area (Å²) in [5.74, 6) is 0. The monoisotopic (exact) mass is 182 g/mol. The van der Waals surface area contributed by atoms with Crippen LogP contribution in [0.5, 0.6) is 0 Å². The number of hydrogen-bond acceptors (Lipinski definition) is 3. The average Bonchev–Trinajstić information content (AvgIpc) is 2.59. The molecule has 2 heterocycles. The molecule has 0 aromatic carbocycles. The molecule has 1 aromatic heterocycles. The summed E-state index contributed by atoms with van der Waals surface area (Å²) < 4.78 is 0. The maximum Gasteiger partial charge on any atom is 0.0241 e. The molecular formula is C9H14N2S. The van der Waals surface area contributed by atoms with Crippen LogP contribution in [0.2, 0.25) is 0 Å². The maximum absolute atomic E-state index is 3.50. The highest BCUT2D eigenvalue weighted by Gasteiger charge is 2.12. The molecule has 1 aliphatic heterocycles. The molecule has 1 fully saturated rings. The number of thiophene rings is 1. The van der Waals surface area contributed by atoms with Gasteiger partial charge in [0, 0.05) is 30.6 Å². The highest BCUT2D eigenvalue weighted by Crippen LogP contribution is 2.11. The van der Waals surface area contributed by atoms with E-state index in [4.69, 9.17) is 0 Å². The zero-order valence-corrected chi connectivity index (χ0v) is 7.86. The normalized spacial score (nSPS) is 24.2. The molecule has 0 radical (unpaired) electrons. The first-order chi connectivity index (χ1) is 5.95. The Morgan fingerprint density at radius 1 is 1.50 bits per heavy atom. The van der Waals surface area contributed by atoms with Crippen molar-refractivity contribution in [1.82, 2.24) is 10.6 Å². The van der Waals surface area contributed by atoms with E-state index < -0.39 is 0 Å². The second-order valence-electron chi connectivity index (χ2n) is 3.14. The molecule has 2 N–H and O–H groups in total. The van der Waals surface area contributed by atoms with Crippen molar-refractivity contribution in [2.75, 3.05) is 19.6 Å². The summed E-state index contributed by atoms with van der Waals surface area (Å²) in [6.07, 6.45) is 1.17. The van der Waals surface area contributed by atoms with Crippen LogP contribution in [0.1, 0.15) is 4.88 Å². The summed E-state index contributed by atoms with van der Waals surface area (Å²) in [5, 5.41) is 9.04. The maximum atomic E-state index is 3.50. The lowest BCUT2D eigenvalue weighted by atomic mass is 10.1. The van der Waals surface area contributed by atoms with Gasteiger partial charge in [-0.15, -0.1) is 11.3 Å². The molecule has 2 rings (SSSR count). The van der Waals surface area contributed by atoms with Crippen LogP contribution in [-0.2, 0) is 6.42 Å². The number of piperazine rings is 1. The largest absolute Gasteiger partial charge is 0.314 e. The van der Waals surface area contributed by atoms with Crippen molar-refractivity contribution >= 4 is 11.3 Å². The van der Waals surface area contributed by atoms with Crippen LogP contribution in [0.3, 0.4) is 0 Å². The standard InChI is InChI=1S/C9H14N2S/c1-2-9(12-5-1)6-8-7-10-3-4-11-8/h1-2,5,8,10-11H,3-4,6-7H2. The Morgan fingerprint density at radius 2 is 2.50 bits per heavy atom. The van der Waals surface area contributed by atoms with Gasteiger partial charge in [-0.05, 0) is 17.9 Å². The third-order valence-electron chi connectivity index (χ3n) is 2.15. The molecular weight excluding hydrogens is 168 g/mol. The lowest BCUT2D eigenvalue weighted by molar-refractivity contribution is 0.418. The molecule has 0 aliphatic carbocycles. The van der Waals surface area contributed by atoms with E-state index in [1.807, 2.05) is 11.3 Å². The summed E-state index contributed by atoms with van der Waals surface area (Å²) in [6.45, 7) is 3.33. The lowest BCUT2D eigenvalue weighted by Gasteiger charge is -2.23. The Hall–Kier alpha value is -0.380. The van der Waals surface area contributed by atoms with Gasteiger partial charge in [-0.25, -0.2) is 0 Å². The van der Waals surface area contributed by atoms with Crippen LogP contribution in [0.15, 0.2) is 17.5 Å². The van der Waals surface area contributed by atoms with Gasteiger partial charge in [0.1, 0.15) is 0 Å². The van der Waals surface area contributed by atoms with E-state index >= 15 is 0 Å². The average molecular weight is 182 g/mol. The zero-order chi connectivity index (χ0) is 8.23. The first-order valence-electron chi connectivity index (χ1n) is 4.41. The Balaban J connectivity index is 1.86. The molecule has 0 saturated carbocycles. The van der Waals surface area contributed by atoms with Crippen molar-refractivity contribution in [3.63, 3.8) is 0 Å². The summed E-state index contributed by atoms with van der Waals surface area (Å²) in [5.41, 5.74) is 0. The van der Waals surface area contributed by atoms with E-state index in [0.29, 0.717) is 6.04 Å². The molecule has 0 spiro atoms. The van der Waals surface area contributed by atoms with Crippen LogP contribution >= 0.6 is 11.3 Å². The van der Waals surface area contributed by atoms with Gasteiger partial charge in [0.25, 0.3) is 0 Å². The molecule has 0 amide bonds. The van der Waals surface area contributed by atoms with Gasteiger partial charge in [-0.2, -0.15) is 0 Å². The van der Waals surface area contributed by atoms with Crippen LogP contribution in [-0.4, -0.2) is 25.7 Å². The van der Waals surface area contributed by atoms with Crippen LogP contribution in [0, 0.1) is 0 Å². The van der Waals surface area contributed by atoms with E-state index in [-0.39, 0.29) is 0 Å². The minimum atomic E-state index is 0.636. The Kier molecular flexibility index (Phi) is 2.76. The van der Waals surface area contributed by atoms with Crippen LogP contribution in [0.25, 0.3) is 0 Å². The summed E-state index contributed by atoms with van der Waals surface area (Å²) in [6, 6.07) is 4.97. The molecule has 1 aromatic rings. The van der Waals surface area contributed by atoms with Gasteiger partial charge >= 0.3 is 0 Å². The fraction of sp³-hybridized carbons (Fsp3) is 0.556. The topological polar surface area (TPSA) is 24.1 Å². The molecule has 1 aliphatic rings. The van der Waals surface area contributed by atoms with Gasteiger partial charge in [0.2, 0.25) is 0 Å². The van der Waals surface area contributed by atoms with Gasteiger partial charge in [0.05, 0.1) is 0 Å². The van der Waals surface area contributed by atoms with Gasteiger partial charge in [0.15, 0.2) is 0 Å². The molecule has 2 nitrogen and oxygen atoms in total. The minimum Gasteiger partial charge on any atom is -0.314 e. The first kappa shape index (κ1) is 8.23. The second kappa shape index (κ2) is 4.03. The highest BCUT2D eigenvalue weighted by atomic mass is 32.1. The lowest BCUT2D eigenvalue weighted by Crippen LogP contribution is -2.49. The van der Waals surface area contributed by atoms with Crippen LogP contribution in [0.4, 0.5) is 0 Å². The number of rotatable bonds is 2. The molecule has 3 heteroatoms. The molecule has 1 unspecified atom stereocenters. The Morgan fingerprint density at radius 3 is 3.17 bits per heavy atom. The molecule has 12 heavy (non-hydrogen) atoms. The smallest absolute Gasteiger partial charge is 0.0241 e. The zero-order valence-electron chi connectivity index (χ0n) is 7.05. The fourth-order valence-electron chi connectivity index (χ4n) is 1.53. The highest BCUT2D eigenvalue weighted by molar-refractivity contribution is 7.09. The van der Waals surface area contributed by atoms with Gasteiger partial charge < -0.3 is 10.6 Å². The summed E-state index contributed by atoms with van der Waals surface area (Å²) in [4.78, 5) is 1.48. The van der Waals surface area contributed by atoms with Gasteiger partial charge in [-0.1, -0.05) is 6.07 Å². The van der Waals surface area contributed by atoms with E-state index in [2.05, 4.69) is 28.1 Å². The Bertz CT molecular complexity index is 214. The van der Waals surface area contributed by atoms with E-state index in [1.54, 1.807) is 0 Å². The van der Waals surface area contributed by atoms with Crippen molar-refractivity contribution < 1.29 is 0 Å². The van der Waals surface area contributed by atoms with E-state index in [9.17, 15) is 0 Å². The van der Waals surface area contributed by atoms with Crippen molar-refractivity contribution in [3.8, 4) is 0 Å². The van der Waals surface area contributed by atoms with Gasteiger partial charge in [-0.3, -0.25) is 0 Å². The second-order valence-corrected chi connectivity index (χ2v) is 4.17. The van der Waals surface area contributed by atoms with Crippen molar-refractivity contribution in [2.45, 2.75) is 12.5 Å². The van der Waals surface area contributed by atoms with E-state index in [0.717, 1.165) is 19.6 Å². The Labute approximate surface area is 77.0 Å². The third-order valence-corrected chi connectivity index (χ3v) is 3.05. The number of nitrogens with one attached hydrogen (secondary N) is 2. The van der Waals surface area contributed by atoms with E-state index in [1.165, 1.54) is 11.3 Å². The molecule has 66 valence electrons. The van der Waals surface area contributed by atoms with Crippen LogP contribution < -0.4 is 10.6 Å². The summed E-state index contributed by atoms with van der Waals surface area (Å²) in [7, 11) is 0.